The minimum absolute atomic E-state index is 0.00457. The fraction of sp³-hybridized carbons (Fsp3) is 0.347. The molecule has 0 saturated heterocycles. The quantitative estimate of drug-likeness (QED) is 0.165. The summed E-state index contributed by atoms with van der Waals surface area (Å²) in [6, 6.07) is 37.8. The third-order valence-electron chi connectivity index (χ3n) is 13.8. The van der Waals surface area contributed by atoms with Gasteiger partial charge in [-0.25, -0.2) is 0 Å². The van der Waals surface area contributed by atoms with Crippen molar-refractivity contribution in [3.8, 4) is 22.3 Å². The molecule has 1 aromatic heterocycles. The molecule has 4 aliphatic rings. The van der Waals surface area contributed by atoms with E-state index in [1.807, 2.05) is 11.3 Å². The molecular weight excluding hydrogens is 659 g/mol. The predicted molar refractivity (Wildman–Crippen MR) is 231 cm³/mol. The Hall–Kier alpha value is -4.28. The Morgan fingerprint density at radius 3 is 2.11 bits per heavy atom. The van der Waals surface area contributed by atoms with E-state index >= 15 is 0 Å². The Labute approximate surface area is 321 Å². The molecule has 10 rings (SSSR count). The number of nitrogens with zero attached hydrogens (tertiary/aromatic N) is 2. The number of aryl methyl sites for hydroxylation is 1. The number of benzene rings is 5. The minimum atomic E-state index is -0.00457. The van der Waals surface area contributed by atoms with Gasteiger partial charge in [-0.1, -0.05) is 128 Å². The highest BCUT2D eigenvalue weighted by molar-refractivity contribution is 7.26. The van der Waals surface area contributed by atoms with Crippen LogP contribution in [0.15, 0.2) is 97.1 Å². The average Bonchev–Trinajstić information content (AvgIpc) is 3.60. The van der Waals surface area contributed by atoms with Gasteiger partial charge in [-0.05, 0) is 118 Å². The lowest BCUT2D eigenvalue weighted by atomic mass is 9.42. The number of fused-ring (bicyclic) bond motifs is 9. The van der Waals surface area contributed by atoms with Crippen molar-refractivity contribution in [2.24, 2.45) is 0 Å². The Balaban J connectivity index is 1.35. The van der Waals surface area contributed by atoms with Crippen LogP contribution in [0.1, 0.15) is 103 Å². The first-order valence-corrected chi connectivity index (χ1v) is 20.7. The molecule has 1 fully saturated rings. The van der Waals surface area contributed by atoms with Crippen molar-refractivity contribution in [2.45, 2.75) is 110 Å². The fourth-order valence-electron chi connectivity index (χ4n) is 10.7. The maximum atomic E-state index is 2.99. The highest BCUT2D eigenvalue weighted by Crippen LogP contribution is 2.64. The van der Waals surface area contributed by atoms with Gasteiger partial charge in [0, 0.05) is 38.2 Å². The van der Waals surface area contributed by atoms with Crippen molar-refractivity contribution in [3.05, 3.63) is 119 Å². The van der Waals surface area contributed by atoms with E-state index in [1.54, 1.807) is 5.56 Å². The van der Waals surface area contributed by atoms with E-state index in [9.17, 15) is 0 Å². The second-order valence-corrected chi connectivity index (χ2v) is 20.0. The Morgan fingerprint density at radius 2 is 1.36 bits per heavy atom. The smallest absolute Gasteiger partial charge is 0.330 e. The average molecular weight is 711 g/mol. The molecular formula is C49H51BN2S. The molecule has 0 bridgehead atoms. The summed E-state index contributed by atoms with van der Waals surface area (Å²) in [5.41, 5.74) is 18.3. The van der Waals surface area contributed by atoms with E-state index < -0.39 is 0 Å². The zero-order valence-electron chi connectivity index (χ0n) is 32.9. The van der Waals surface area contributed by atoms with Crippen LogP contribution in [0.25, 0.3) is 32.3 Å². The SMILES string of the molecule is Cc1cc2c3c(c1)N(c1ccc(C(C)(C)C)cc1-c1ccccc1)c1sc4ccccc4c1B3N1c3c-2cc(C(C)(C)C)cc3C2(C)CCCCC12C. The molecule has 0 spiro atoms. The third-order valence-corrected chi connectivity index (χ3v) is 14.9. The van der Waals surface area contributed by atoms with Crippen molar-refractivity contribution in [3.63, 3.8) is 0 Å². The van der Waals surface area contributed by atoms with Crippen molar-refractivity contribution >= 4 is 61.3 Å². The Morgan fingerprint density at radius 1 is 0.660 bits per heavy atom. The standard InChI is InChI=1S/C49H51BN2S/c1-30-25-36-37-28-33(47(5,6)7)29-38-44(37)52(49(9)24-16-15-23-48(38,49)8)50-42(36)40(26-30)51(45-43(50)34-19-13-14-20-41(34)53-45)39-22-21-32(46(2,3)4)27-35(39)31-17-11-10-12-18-31/h10-14,17-22,25-29H,15-16,23-24H2,1-9H3. The predicted octanol–water partition coefficient (Wildman–Crippen LogP) is 12.5. The maximum absolute atomic E-state index is 2.99. The van der Waals surface area contributed by atoms with E-state index in [2.05, 4.69) is 169 Å². The van der Waals surface area contributed by atoms with Crippen LogP contribution in [0.5, 0.6) is 0 Å². The molecule has 53 heavy (non-hydrogen) atoms. The molecule has 3 aliphatic heterocycles. The summed E-state index contributed by atoms with van der Waals surface area (Å²) in [7, 11) is 0. The van der Waals surface area contributed by atoms with Gasteiger partial charge < -0.3 is 9.71 Å². The lowest BCUT2D eigenvalue weighted by Crippen LogP contribution is -2.70. The lowest BCUT2D eigenvalue weighted by Gasteiger charge is -2.55. The van der Waals surface area contributed by atoms with Crippen LogP contribution < -0.4 is 20.6 Å². The molecule has 2 unspecified atom stereocenters. The van der Waals surface area contributed by atoms with Gasteiger partial charge in [0.15, 0.2) is 0 Å². The number of hydrogen-bond donors (Lipinski definition) is 0. The first-order valence-electron chi connectivity index (χ1n) is 19.9. The van der Waals surface area contributed by atoms with E-state index in [-0.39, 0.29) is 28.6 Å². The molecule has 0 radical (unpaired) electrons. The van der Waals surface area contributed by atoms with Crippen LogP contribution in [0, 0.1) is 6.92 Å². The molecule has 0 amide bonds. The van der Waals surface area contributed by atoms with Crippen LogP contribution in [0.2, 0.25) is 0 Å². The summed E-state index contributed by atoms with van der Waals surface area (Å²) in [4.78, 5) is 5.66. The third kappa shape index (κ3) is 4.45. The van der Waals surface area contributed by atoms with Gasteiger partial charge in [-0.2, -0.15) is 0 Å². The van der Waals surface area contributed by atoms with E-state index in [1.165, 1.54) is 108 Å². The van der Waals surface area contributed by atoms with E-state index in [0.29, 0.717) is 0 Å². The number of rotatable bonds is 2. The molecule has 4 heterocycles. The summed E-state index contributed by atoms with van der Waals surface area (Å²) < 4.78 is 1.37. The molecule has 5 aromatic carbocycles. The highest BCUT2D eigenvalue weighted by atomic mass is 32.1. The lowest BCUT2D eigenvalue weighted by molar-refractivity contribution is 0.199. The molecule has 4 heteroatoms. The Kier molecular flexibility index (Phi) is 6.86. The van der Waals surface area contributed by atoms with Gasteiger partial charge in [0.1, 0.15) is 0 Å². The van der Waals surface area contributed by atoms with E-state index in [0.717, 1.165) is 0 Å². The van der Waals surface area contributed by atoms with Crippen LogP contribution in [0.3, 0.4) is 0 Å². The fourth-order valence-corrected chi connectivity index (χ4v) is 11.9. The summed E-state index contributed by atoms with van der Waals surface area (Å²) in [6.45, 7) is 21.9. The van der Waals surface area contributed by atoms with Crippen molar-refractivity contribution in [1.29, 1.82) is 0 Å². The summed E-state index contributed by atoms with van der Waals surface area (Å²) in [5.74, 6) is 0. The van der Waals surface area contributed by atoms with Crippen LogP contribution >= 0.6 is 11.3 Å². The maximum Gasteiger partial charge on any atom is 0.330 e. The van der Waals surface area contributed by atoms with Gasteiger partial charge >= 0.3 is 6.85 Å². The first kappa shape index (κ1) is 33.3. The number of thiophene rings is 1. The second-order valence-electron chi connectivity index (χ2n) is 19.0. The zero-order valence-corrected chi connectivity index (χ0v) is 33.8. The van der Waals surface area contributed by atoms with Crippen LogP contribution in [-0.4, -0.2) is 12.4 Å². The van der Waals surface area contributed by atoms with Crippen molar-refractivity contribution in [1.82, 2.24) is 0 Å². The second kappa shape index (κ2) is 10.9. The largest absolute Gasteiger partial charge is 0.400 e. The molecule has 2 atom stereocenters. The molecule has 6 aromatic rings. The van der Waals surface area contributed by atoms with E-state index in [4.69, 9.17) is 0 Å². The van der Waals surface area contributed by atoms with Crippen molar-refractivity contribution < 1.29 is 0 Å². The van der Waals surface area contributed by atoms with Crippen LogP contribution in [0.4, 0.5) is 22.1 Å². The monoisotopic (exact) mass is 710 g/mol. The summed E-state index contributed by atoms with van der Waals surface area (Å²) in [6.07, 6.45) is 5.02. The Bertz CT molecular complexity index is 2500. The molecule has 2 nitrogen and oxygen atoms in total. The van der Waals surface area contributed by atoms with Gasteiger partial charge in [-0.3, -0.25) is 0 Å². The molecule has 0 N–H and O–H groups in total. The van der Waals surface area contributed by atoms with Gasteiger partial charge in [0.05, 0.1) is 10.7 Å². The van der Waals surface area contributed by atoms with Crippen molar-refractivity contribution in [2.75, 3.05) is 9.71 Å². The normalized spacial score (nSPS) is 21.4. The molecule has 266 valence electrons. The number of hydrogen-bond acceptors (Lipinski definition) is 3. The minimum Gasteiger partial charge on any atom is -0.400 e. The molecule has 1 saturated carbocycles. The number of anilines is 4. The van der Waals surface area contributed by atoms with Gasteiger partial charge in [-0.15, -0.1) is 11.3 Å². The topological polar surface area (TPSA) is 6.48 Å². The first-order chi connectivity index (χ1) is 25.2. The van der Waals surface area contributed by atoms with Gasteiger partial charge in [0.25, 0.3) is 0 Å². The highest BCUT2D eigenvalue weighted by Gasteiger charge is 2.63. The summed E-state index contributed by atoms with van der Waals surface area (Å²) in [5, 5.41) is 2.77. The summed E-state index contributed by atoms with van der Waals surface area (Å²) >= 11 is 1.98. The zero-order chi connectivity index (χ0) is 36.8. The van der Waals surface area contributed by atoms with Crippen LogP contribution in [-0.2, 0) is 16.2 Å². The van der Waals surface area contributed by atoms with Gasteiger partial charge in [0.2, 0.25) is 0 Å². The molecule has 1 aliphatic carbocycles.